The normalized spacial score (nSPS) is 27.2. The maximum Gasteiger partial charge on any atom is 0.349 e. The predicted molar refractivity (Wildman–Crippen MR) is 101 cm³/mol. The number of para-hydroxylation sites is 1. The molecule has 3 heterocycles. The Morgan fingerprint density at radius 1 is 1.12 bits per heavy atom. The number of amides is 1. The minimum atomic E-state index is -0.543. The molecule has 5 nitrogen and oxygen atoms in total. The number of hydrogen-bond donors (Lipinski definition) is 0. The molecule has 4 rings (SSSR count). The van der Waals surface area contributed by atoms with E-state index in [0.717, 1.165) is 18.2 Å². The molecule has 2 aliphatic heterocycles. The van der Waals surface area contributed by atoms with Crippen molar-refractivity contribution in [2.75, 3.05) is 13.1 Å². The van der Waals surface area contributed by atoms with Gasteiger partial charge in [-0.25, -0.2) is 4.79 Å². The number of fused-ring (bicyclic) bond motifs is 1. The van der Waals surface area contributed by atoms with Crippen molar-refractivity contribution in [1.29, 1.82) is 0 Å². The summed E-state index contributed by atoms with van der Waals surface area (Å²) in [7, 11) is 0. The summed E-state index contributed by atoms with van der Waals surface area (Å²) in [5.41, 5.74) is 0.121. The molecule has 0 bridgehead atoms. The molecule has 0 unspecified atom stereocenters. The van der Waals surface area contributed by atoms with Gasteiger partial charge in [0, 0.05) is 36.6 Å². The summed E-state index contributed by atoms with van der Waals surface area (Å²) >= 11 is 0. The molecule has 1 amide bonds. The zero-order valence-electron chi connectivity index (χ0n) is 15.5. The summed E-state index contributed by atoms with van der Waals surface area (Å²) in [6, 6.07) is 10.5. The van der Waals surface area contributed by atoms with E-state index in [0.29, 0.717) is 36.8 Å². The second kappa shape index (κ2) is 6.88. The van der Waals surface area contributed by atoms with Crippen molar-refractivity contribution < 1.29 is 9.21 Å². The third-order valence-corrected chi connectivity index (χ3v) is 6.00. The van der Waals surface area contributed by atoms with Gasteiger partial charge in [-0.05, 0) is 51.7 Å². The number of carbonyl (C=O) groups is 1. The molecule has 1 aromatic carbocycles. The molecular weight excluding hydrogens is 328 g/mol. The van der Waals surface area contributed by atoms with Crippen LogP contribution in [0.3, 0.4) is 0 Å². The van der Waals surface area contributed by atoms with Crippen LogP contribution in [0.2, 0.25) is 0 Å². The maximum atomic E-state index is 13.0. The molecule has 5 heteroatoms. The lowest BCUT2D eigenvalue weighted by atomic mass is 10.0. The van der Waals surface area contributed by atoms with Crippen molar-refractivity contribution in [3.05, 3.63) is 46.3 Å². The fraction of sp³-hybridized carbons (Fsp3) is 0.524. The molecule has 0 saturated carbocycles. The maximum absolute atomic E-state index is 13.0. The first-order chi connectivity index (χ1) is 12.5. The lowest BCUT2D eigenvalue weighted by Gasteiger charge is -2.41. The predicted octanol–water partition coefficient (Wildman–Crippen LogP) is 3.27. The van der Waals surface area contributed by atoms with E-state index in [1.165, 1.54) is 12.8 Å². The van der Waals surface area contributed by atoms with Crippen molar-refractivity contribution in [2.24, 2.45) is 0 Å². The van der Waals surface area contributed by atoms with Crippen molar-refractivity contribution in [2.45, 2.75) is 57.7 Å². The van der Waals surface area contributed by atoms with Gasteiger partial charge in [0.25, 0.3) is 5.91 Å². The van der Waals surface area contributed by atoms with Crippen LogP contribution in [-0.4, -0.2) is 46.9 Å². The van der Waals surface area contributed by atoms with Crippen LogP contribution in [0.1, 0.15) is 49.9 Å². The van der Waals surface area contributed by atoms with E-state index < -0.39 is 5.63 Å². The van der Waals surface area contributed by atoms with Gasteiger partial charge in [0.2, 0.25) is 0 Å². The highest BCUT2D eigenvalue weighted by atomic mass is 16.4. The van der Waals surface area contributed by atoms with Gasteiger partial charge in [-0.2, -0.15) is 0 Å². The zero-order chi connectivity index (χ0) is 18.3. The Morgan fingerprint density at radius 2 is 1.85 bits per heavy atom. The Hall–Kier alpha value is -2.14. The lowest BCUT2D eigenvalue weighted by Crippen LogP contribution is -2.53. The van der Waals surface area contributed by atoms with Crippen LogP contribution in [0.4, 0.5) is 0 Å². The quantitative estimate of drug-likeness (QED) is 0.777. The molecule has 2 aromatic rings. The average molecular weight is 354 g/mol. The van der Waals surface area contributed by atoms with Crippen molar-refractivity contribution in [3.8, 4) is 0 Å². The number of rotatable bonds is 2. The van der Waals surface area contributed by atoms with Crippen LogP contribution in [-0.2, 0) is 0 Å². The molecular formula is C21H26N2O3. The molecule has 26 heavy (non-hydrogen) atoms. The highest BCUT2D eigenvalue weighted by molar-refractivity contribution is 5.96. The summed E-state index contributed by atoms with van der Waals surface area (Å²) < 4.78 is 5.35. The van der Waals surface area contributed by atoms with Gasteiger partial charge in [0.15, 0.2) is 0 Å². The third-order valence-electron chi connectivity index (χ3n) is 6.00. The molecule has 2 saturated heterocycles. The molecule has 0 radical (unpaired) electrons. The van der Waals surface area contributed by atoms with Gasteiger partial charge in [-0.1, -0.05) is 18.2 Å². The van der Waals surface area contributed by atoms with E-state index in [9.17, 15) is 9.59 Å². The topological polar surface area (TPSA) is 53.8 Å². The SMILES string of the molecule is C[C@@H]1CC[C@H](C)N1[C@@H]1CCCN(C(=O)c2cc3ccccc3oc2=O)C1. The Balaban J connectivity index is 1.58. The minimum Gasteiger partial charge on any atom is -0.422 e. The first-order valence-corrected chi connectivity index (χ1v) is 9.64. The first-order valence-electron chi connectivity index (χ1n) is 9.64. The van der Waals surface area contributed by atoms with E-state index in [-0.39, 0.29) is 11.5 Å². The number of likely N-dealkylation sites (tertiary alicyclic amines) is 2. The second-order valence-corrected chi connectivity index (χ2v) is 7.76. The molecule has 0 N–H and O–H groups in total. The average Bonchev–Trinajstić information content (AvgIpc) is 2.99. The van der Waals surface area contributed by atoms with Gasteiger partial charge < -0.3 is 9.32 Å². The van der Waals surface area contributed by atoms with Crippen molar-refractivity contribution >= 4 is 16.9 Å². The summed E-state index contributed by atoms with van der Waals surface area (Å²) in [5.74, 6) is -0.200. The van der Waals surface area contributed by atoms with Crippen LogP contribution < -0.4 is 5.63 Å². The van der Waals surface area contributed by atoms with Crippen LogP contribution in [0.25, 0.3) is 11.0 Å². The molecule has 0 spiro atoms. The molecule has 2 fully saturated rings. The van der Waals surface area contributed by atoms with E-state index >= 15 is 0 Å². The van der Waals surface area contributed by atoms with E-state index in [2.05, 4.69) is 18.7 Å². The van der Waals surface area contributed by atoms with Crippen LogP contribution in [0, 0.1) is 0 Å². The summed E-state index contributed by atoms with van der Waals surface area (Å²) in [6.45, 7) is 5.96. The zero-order valence-corrected chi connectivity index (χ0v) is 15.5. The number of piperidine rings is 1. The van der Waals surface area contributed by atoms with Gasteiger partial charge >= 0.3 is 5.63 Å². The Labute approximate surface area is 153 Å². The van der Waals surface area contributed by atoms with Crippen LogP contribution in [0.5, 0.6) is 0 Å². The summed E-state index contributed by atoms with van der Waals surface area (Å²) in [6.07, 6.45) is 4.54. The van der Waals surface area contributed by atoms with E-state index in [4.69, 9.17) is 4.42 Å². The molecule has 2 aliphatic rings. The largest absolute Gasteiger partial charge is 0.422 e. The third kappa shape index (κ3) is 3.05. The van der Waals surface area contributed by atoms with Gasteiger partial charge in [0.05, 0.1) is 0 Å². The number of nitrogens with zero attached hydrogens (tertiary/aromatic N) is 2. The van der Waals surface area contributed by atoms with E-state index in [1.807, 2.05) is 23.1 Å². The van der Waals surface area contributed by atoms with Gasteiger partial charge in [-0.3, -0.25) is 9.69 Å². The van der Waals surface area contributed by atoms with E-state index in [1.54, 1.807) is 12.1 Å². The monoisotopic (exact) mass is 354 g/mol. The molecule has 0 aliphatic carbocycles. The highest BCUT2D eigenvalue weighted by Gasteiger charge is 2.36. The molecule has 3 atom stereocenters. The minimum absolute atomic E-state index is 0.145. The van der Waals surface area contributed by atoms with Crippen LogP contribution in [0.15, 0.2) is 39.5 Å². The summed E-state index contributed by atoms with van der Waals surface area (Å²) in [4.78, 5) is 29.8. The van der Waals surface area contributed by atoms with Crippen molar-refractivity contribution in [3.63, 3.8) is 0 Å². The first kappa shape index (κ1) is 17.3. The van der Waals surface area contributed by atoms with Gasteiger partial charge in [-0.15, -0.1) is 0 Å². The number of carbonyl (C=O) groups excluding carboxylic acids is 1. The lowest BCUT2D eigenvalue weighted by molar-refractivity contribution is 0.0484. The Kier molecular flexibility index (Phi) is 4.57. The smallest absolute Gasteiger partial charge is 0.349 e. The second-order valence-electron chi connectivity index (χ2n) is 7.76. The fourth-order valence-corrected chi connectivity index (χ4v) is 4.70. The molecule has 1 aromatic heterocycles. The van der Waals surface area contributed by atoms with Gasteiger partial charge in [0.1, 0.15) is 11.1 Å². The fourth-order valence-electron chi connectivity index (χ4n) is 4.70. The number of hydrogen-bond acceptors (Lipinski definition) is 4. The number of benzene rings is 1. The standard InChI is InChI=1S/C21H26N2O3/c1-14-9-10-15(2)23(14)17-7-5-11-22(13-17)20(24)18-12-16-6-3-4-8-19(16)26-21(18)25/h3-4,6,8,12,14-15,17H,5,7,9-11,13H2,1-2H3/t14-,15+,17-/m1/s1. The highest BCUT2D eigenvalue weighted by Crippen LogP contribution is 2.30. The summed E-state index contributed by atoms with van der Waals surface area (Å²) in [5, 5.41) is 0.783. The van der Waals surface area contributed by atoms with Crippen LogP contribution >= 0.6 is 0 Å². The Morgan fingerprint density at radius 3 is 2.62 bits per heavy atom. The van der Waals surface area contributed by atoms with Crippen molar-refractivity contribution in [1.82, 2.24) is 9.80 Å². The Bertz CT molecular complexity index is 865. The molecule has 138 valence electrons.